The van der Waals surface area contributed by atoms with Crippen molar-refractivity contribution in [1.82, 2.24) is 9.55 Å². The molecule has 0 fully saturated rings. The van der Waals surface area contributed by atoms with Gasteiger partial charge in [-0.2, -0.15) is 0 Å². The van der Waals surface area contributed by atoms with Gasteiger partial charge in [-0.15, -0.1) is 0 Å². The number of aromatic nitrogens is 2. The molecule has 1 unspecified atom stereocenters. The minimum Gasteiger partial charge on any atom is -0.335 e. The second kappa shape index (κ2) is 3.72. The maximum atomic E-state index is 5.54. The summed E-state index contributed by atoms with van der Waals surface area (Å²) >= 11 is 0. The molecular weight excluding hydrogens is 150 g/mol. The molecule has 0 aliphatic rings. The molecule has 1 aromatic heterocycles. The van der Waals surface area contributed by atoms with Crippen LogP contribution in [0.4, 0.5) is 0 Å². The fraction of sp³-hybridized carbons (Fsp3) is 0.667. The van der Waals surface area contributed by atoms with E-state index >= 15 is 0 Å². The fourth-order valence-corrected chi connectivity index (χ4v) is 1.01. The van der Waals surface area contributed by atoms with Crippen LogP contribution in [0.5, 0.6) is 0 Å². The summed E-state index contributed by atoms with van der Waals surface area (Å²) in [6.07, 6.45) is 3.94. The van der Waals surface area contributed by atoms with Crippen LogP contribution in [-0.4, -0.2) is 16.1 Å². The molecule has 0 bridgehead atoms. The third kappa shape index (κ3) is 1.85. The molecule has 1 rings (SSSR count). The zero-order chi connectivity index (χ0) is 9.14. The van der Waals surface area contributed by atoms with E-state index in [1.807, 2.05) is 6.33 Å². The molecule has 1 heterocycles. The third-order valence-corrected chi connectivity index (χ3v) is 2.08. The Balaban J connectivity index is 2.77. The van der Waals surface area contributed by atoms with Crippen LogP contribution >= 0.6 is 0 Å². The highest BCUT2D eigenvalue weighted by Gasteiger charge is 2.07. The number of nitrogens with zero attached hydrogens (tertiary/aromatic N) is 2. The molecule has 0 spiro atoms. The van der Waals surface area contributed by atoms with E-state index in [1.165, 1.54) is 0 Å². The monoisotopic (exact) mass is 167 g/mol. The zero-order valence-corrected chi connectivity index (χ0v) is 7.99. The standard InChI is InChI=1S/C9H17N3/c1-7(2)12-5-9(11-6-12)8(3)4-10/h5-8H,4,10H2,1-3H3. The van der Waals surface area contributed by atoms with Crippen LogP contribution in [0.3, 0.4) is 0 Å². The molecule has 0 aromatic carbocycles. The molecule has 12 heavy (non-hydrogen) atoms. The van der Waals surface area contributed by atoms with Gasteiger partial charge in [0.1, 0.15) is 0 Å². The van der Waals surface area contributed by atoms with Gasteiger partial charge in [0, 0.05) is 24.7 Å². The van der Waals surface area contributed by atoms with Crippen molar-refractivity contribution in [3.63, 3.8) is 0 Å². The first kappa shape index (κ1) is 9.26. The molecule has 3 nitrogen and oxygen atoms in total. The number of hydrogen-bond donors (Lipinski definition) is 1. The lowest BCUT2D eigenvalue weighted by Crippen LogP contribution is -2.09. The topological polar surface area (TPSA) is 43.8 Å². The Bertz CT molecular complexity index is 240. The molecule has 0 saturated carbocycles. The molecule has 1 atom stereocenters. The van der Waals surface area contributed by atoms with Crippen LogP contribution in [-0.2, 0) is 0 Å². The van der Waals surface area contributed by atoms with Gasteiger partial charge in [-0.25, -0.2) is 4.98 Å². The van der Waals surface area contributed by atoms with E-state index in [1.54, 1.807) is 0 Å². The van der Waals surface area contributed by atoms with E-state index in [-0.39, 0.29) is 0 Å². The number of nitrogens with two attached hydrogens (primary N) is 1. The summed E-state index contributed by atoms with van der Waals surface area (Å²) in [6, 6.07) is 0.483. The predicted octanol–water partition coefficient (Wildman–Crippen LogP) is 1.53. The maximum absolute atomic E-state index is 5.54. The van der Waals surface area contributed by atoms with Gasteiger partial charge in [0.05, 0.1) is 12.0 Å². The summed E-state index contributed by atoms with van der Waals surface area (Å²) in [7, 11) is 0. The first-order valence-corrected chi connectivity index (χ1v) is 4.38. The largest absolute Gasteiger partial charge is 0.335 e. The van der Waals surface area contributed by atoms with Crippen LogP contribution in [0, 0.1) is 0 Å². The van der Waals surface area contributed by atoms with Gasteiger partial charge >= 0.3 is 0 Å². The first-order valence-electron chi connectivity index (χ1n) is 4.38. The molecule has 1 aromatic rings. The van der Waals surface area contributed by atoms with E-state index < -0.39 is 0 Å². The average Bonchev–Trinajstić information content (AvgIpc) is 2.51. The summed E-state index contributed by atoms with van der Waals surface area (Å²) in [5.41, 5.74) is 6.63. The van der Waals surface area contributed by atoms with Crippen molar-refractivity contribution in [2.75, 3.05) is 6.54 Å². The Hall–Kier alpha value is -0.830. The molecule has 0 amide bonds. The van der Waals surface area contributed by atoms with Gasteiger partial charge < -0.3 is 10.3 Å². The number of rotatable bonds is 3. The van der Waals surface area contributed by atoms with Gasteiger partial charge in [0.2, 0.25) is 0 Å². The molecule has 0 aliphatic carbocycles. The SMILES string of the molecule is CC(CN)c1cn(C(C)C)cn1. The normalized spacial score (nSPS) is 13.8. The minimum atomic E-state index is 0.366. The van der Waals surface area contributed by atoms with Crippen molar-refractivity contribution >= 4 is 0 Å². The second-order valence-electron chi connectivity index (χ2n) is 3.48. The van der Waals surface area contributed by atoms with Crippen LogP contribution in [0.15, 0.2) is 12.5 Å². The van der Waals surface area contributed by atoms with Gasteiger partial charge in [-0.1, -0.05) is 6.92 Å². The lowest BCUT2D eigenvalue weighted by atomic mass is 10.1. The van der Waals surface area contributed by atoms with E-state index in [0.717, 1.165) is 5.69 Å². The smallest absolute Gasteiger partial charge is 0.0951 e. The van der Waals surface area contributed by atoms with Crippen LogP contribution < -0.4 is 5.73 Å². The maximum Gasteiger partial charge on any atom is 0.0951 e. The lowest BCUT2D eigenvalue weighted by Gasteiger charge is -2.05. The van der Waals surface area contributed by atoms with Gasteiger partial charge in [0.15, 0.2) is 0 Å². The Kier molecular flexibility index (Phi) is 2.87. The third-order valence-electron chi connectivity index (χ3n) is 2.08. The summed E-state index contributed by atoms with van der Waals surface area (Å²) in [5, 5.41) is 0. The lowest BCUT2D eigenvalue weighted by molar-refractivity contribution is 0.598. The minimum absolute atomic E-state index is 0.366. The van der Waals surface area contributed by atoms with Gasteiger partial charge in [0.25, 0.3) is 0 Å². The van der Waals surface area contributed by atoms with Crippen LogP contribution in [0.2, 0.25) is 0 Å². The molecule has 3 heteroatoms. The quantitative estimate of drug-likeness (QED) is 0.741. The van der Waals surface area contributed by atoms with Crippen LogP contribution in [0.25, 0.3) is 0 Å². The van der Waals surface area contributed by atoms with Crippen molar-refractivity contribution in [2.45, 2.75) is 32.7 Å². The second-order valence-corrected chi connectivity index (χ2v) is 3.48. The van der Waals surface area contributed by atoms with Crippen molar-refractivity contribution < 1.29 is 0 Å². The highest BCUT2D eigenvalue weighted by atomic mass is 15.1. The highest BCUT2D eigenvalue weighted by Crippen LogP contribution is 2.13. The highest BCUT2D eigenvalue weighted by molar-refractivity contribution is 5.04. The Labute approximate surface area is 73.6 Å². The van der Waals surface area contributed by atoms with E-state index in [9.17, 15) is 0 Å². The zero-order valence-electron chi connectivity index (χ0n) is 7.99. The summed E-state index contributed by atoms with van der Waals surface area (Å²) in [6.45, 7) is 7.03. The Morgan fingerprint density at radius 1 is 1.50 bits per heavy atom. The van der Waals surface area contributed by atoms with Crippen molar-refractivity contribution in [3.8, 4) is 0 Å². The van der Waals surface area contributed by atoms with Gasteiger partial charge in [-0.3, -0.25) is 0 Å². The first-order chi connectivity index (χ1) is 5.65. The Morgan fingerprint density at radius 3 is 2.58 bits per heavy atom. The summed E-state index contributed by atoms with van der Waals surface area (Å²) in [5.74, 6) is 0.366. The van der Waals surface area contributed by atoms with Gasteiger partial charge in [-0.05, 0) is 13.8 Å². The van der Waals surface area contributed by atoms with E-state index in [4.69, 9.17) is 5.73 Å². The number of imidazole rings is 1. The fourth-order valence-electron chi connectivity index (χ4n) is 1.01. The molecular formula is C9H17N3. The van der Waals surface area contributed by atoms with Crippen molar-refractivity contribution in [1.29, 1.82) is 0 Å². The molecule has 2 N–H and O–H groups in total. The summed E-state index contributed by atoms with van der Waals surface area (Å²) < 4.78 is 2.10. The number of hydrogen-bond acceptors (Lipinski definition) is 2. The average molecular weight is 167 g/mol. The molecule has 0 saturated heterocycles. The van der Waals surface area contributed by atoms with Crippen molar-refractivity contribution in [3.05, 3.63) is 18.2 Å². The van der Waals surface area contributed by atoms with E-state index in [2.05, 4.69) is 36.5 Å². The predicted molar refractivity (Wildman–Crippen MR) is 50.1 cm³/mol. The Morgan fingerprint density at radius 2 is 2.17 bits per heavy atom. The summed E-state index contributed by atoms with van der Waals surface area (Å²) in [4.78, 5) is 4.29. The van der Waals surface area contributed by atoms with Crippen molar-refractivity contribution in [2.24, 2.45) is 5.73 Å². The molecule has 0 aliphatic heterocycles. The van der Waals surface area contributed by atoms with Crippen LogP contribution in [0.1, 0.15) is 38.4 Å². The molecule has 68 valence electrons. The van der Waals surface area contributed by atoms with E-state index in [0.29, 0.717) is 18.5 Å². The molecule has 0 radical (unpaired) electrons.